The molecule has 0 spiro atoms. The molecule has 0 bridgehead atoms. The van der Waals surface area contributed by atoms with Gasteiger partial charge in [-0.25, -0.2) is 4.39 Å². The minimum atomic E-state index is -0.307. The van der Waals surface area contributed by atoms with E-state index in [1.165, 1.54) is 31.7 Å². The summed E-state index contributed by atoms with van der Waals surface area (Å²) in [6.45, 7) is 1.98. The summed E-state index contributed by atoms with van der Waals surface area (Å²) in [5, 5.41) is 6.00. The zero-order valence-electron chi connectivity index (χ0n) is 11.8. The summed E-state index contributed by atoms with van der Waals surface area (Å²) >= 11 is 0. The van der Waals surface area contributed by atoms with Crippen LogP contribution in [0.2, 0.25) is 0 Å². The zero-order chi connectivity index (χ0) is 14.1. The highest BCUT2D eigenvalue weighted by atomic mass is 19.1. The Morgan fingerprint density at radius 2 is 1.95 bits per heavy atom. The molecule has 1 aromatic rings. The molecule has 3 nitrogen and oxygen atoms in total. The number of aryl methyl sites for hydroxylation is 1. The van der Waals surface area contributed by atoms with Gasteiger partial charge in [0.2, 0.25) is 5.91 Å². The van der Waals surface area contributed by atoms with Crippen molar-refractivity contribution in [2.75, 3.05) is 11.9 Å². The highest BCUT2D eigenvalue weighted by molar-refractivity contribution is 5.81. The van der Waals surface area contributed by atoms with Crippen LogP contribution in [0.3, 0.4) is 0 Å². The standard InChI is InChI=1S/C16H21FN2O/c1-10-2-7-14(13(17)8-10)18-9-15(20)19-16(11-3-4-11)12-5-6-12/h2,7-8,11-12,16,18H,3-6,9H2,1H3,(H,19,20). The first-order valence-corrected chi connectivity index (χ1v) is 7.43. The number of halogens is 1. The maximum atomic E-state index is 13.6. The monoisotopic (exact) mass is 276 g/mol. The minimum Gasteiger partial charge on any atom is -0.374 e. The number of hydrogen-bond donors (Lipinski definition) is 2. The molecular weight excluding hydrogens is 255 g/mol. The molecule has 2 fully saturated rings. The molecule has 2 aliphatic carbocycles. The molecule has 2 saturated carbocycles. The lowest BCUT2D eigenvalue weighted by molar-refractivity contribution is -0.120. The van der Waals surface area contributed by atoms with Crippen molar-refractivity contribution in [3.63, 3.8) is 0 Å². The van der Waals surface area contributed by atoms with E-state index in [2.05, 4.69) is 10.6 Å². The summed E-state index contributed by atoms with van der Waals surface area (Å²) in [7, 11) is 0. The Morgan fingerprint density at radius 3 is 2.50 bits per heavy atom. The number of hydrogen-bond acceptors (Lipinski definition) is 2. The van der Waals surface area contributed by atoms with Crippen LogP contribution in [-0.4, -0.2) is 18.5 Å². The lowest BCUT2D eigenvalue weighted by Crippen LogP contribution is -2.41. The Morgan fingerprint density at radius 1 is 1.30 bits per heavy atom. The van der Waals surface area contributed by atoms with Gasteiger partial charge in [-0.3, -0.25) is 4.79 Å². The first-order valence-electron chi connectivity index (χ1n) is 7.43. The van der Waals surface area contributed by atoms with Crippen molar-refractivity contribution >= 4 is 11.6 Å². The summed E-state index contributed by atoms with van der Waals surface area (Å²) < 4.78 is 13.6. The average Bonchev–Trinajstić information content (AvgIpc) is 3.28. The van der Waals surface area contributed by atoms with Crippen LogP contribution >= 0.6 is 0 Å². The smallest absolute Gasteiger partial charge is 0.239 e. The number of carbonyl (C=O) groups excluding carboxylic acids is 1. The molecule has 2 N–H and O–H groups in total. The van der Waals surface area contributed by atoms with Crippen LogP contribution < -0.4 is 10.6 Å². The molecule has 108 valence electrons. The Bertz CT molecular complexity index is 497. The van der Waals surface area contributed by atoms with Gasteiger partial charge in [0.25, 0.3) is 0 Å². The third kappa shape index (κ3) is 3.30. The van der Waals surface area contributed by atoms with E-state index in [-0.39, 0.29) is 18.3 Å². The molecule has 0 atom stereocenters. The van der Waals surface area contributed by atoms with Crippen molar-refractivity contribution in [1.82, 2.24) is 5.32 Å². The number of carbonyl (C=O) groups is 1. The van der Waals surface area contributed by atoms with Crippen LogP contribution in [0.15, 0.2) is 18.2 Å². The van der Waals surface area contributed by atoms with E-state index in [0.29, 0.717) is 23.6 Å². The molecule has 20 heavy (non-hydrogen) atoms. The molecule has 1 aromatic carbocycles. The third-order valence-electron chi connectivity index (χ3n) is 4.15. The highest BCUT2D eigenvalue weighted by Crippen LogP contribution is 2.44. The van der Waals surface area contributed by atoms with Gasteiger partial charge >= 0.3 is 0 Å². The molecular formula is C16H21FN2O. The maximum Gasteiger partial charge on any atom is 0.239 e. The fraction of sp³-hybridized carbons (Fsp3) is 0.562. The largest absolute Gasteiger partial charge is 0.374 e. The fourth-order valence-corrected chi connectivity index (χ4v) is 2.71. The van der Waals surface area contributed by atoms with Gasteiger partial charge in [-0.2, -0.15) is 0 Å². The van der Waals surface area contributed by atoms with Crippen molar-refractivity contribution < 1.29 is 9.18 Å². The van der Waals surface area contributed by atoms with E-state index >= 15 is 0 Å². The van der Waals surface area contributed by atoms with Gasteiger partial charge in [0.15, 0.2) is 0 Å². The lowest BCUT2D eigenvalue weighted by atomic mass is 10.1. The van der Waals surface area contributed by atoms with Gasteiger partial charge in [-0.05, 0) is 62.1 Å². The molecule has 3 rings (SSSR count). The summed E-state index contributed by atoms with van der Waals surface area (Å²) in [5.74, 6) is 1.03. The Balaban J connectivity index is 1.51. The van der Waals surface area contributed by atoms with Crippen LogP contribution in [0.1, 0.15) is 31.2 Å². The second kappa shape index (κ2) is 5.43. The normalized spacial score (nSPS) is 18.1. The first-order chi connectivity index (χ1) is 9.63. The van der Waals surface area contributed by atoms with Gasteiger partial charge in [-0.1, -0.05) is 6.07 Å². The number of amides is 1. The van der Waals surface area contributed by atoms with Gasteiger partial charge in [-0.15, -0.1) is 0 Å². The predicted molar refractivity (Wildman–Crippen MR) is 77.0 cm³/mol. The molecule has 0 aliphatic heterocycles. The van der Waals surface area contributed by atoms with Crippen LogP contribution in [0.25, 0.3) is 0 Å². The summed E-state index contributed by atoms with van der Waals surface area (Å²) in [5.41, 5.74) is 1.26. The van der Waals surface area contributed by atoms with E-state index in [1.54, 1.807) is 6.07 Å². The van der Waals surface area contributed by atoms with Crippen molar-refractivity contribution in [3.8, 4) is 0 Å². The van der Waals surface area contributed by atoms with E-state index in [1.807, 2.05) is 13.0 Å². The van der Waals surface area contributed by atoms with Crippen molar-refractivity contribution in [3.05, 3.63) is 29.6 Å². The minimum absolute atomic E-state index is 0.0335. The molecule has 2 aliphatic rings. The maximum absolute atomic E-state index is 13.6. The van der Waals surface area contributed by atoms with Gasteiger partial charge < -0.3 is 10.6 Å². The summed E-state index contributed by atoms with van der Waals surface area (Å²) in [4.78, 5) is 12.0. The molecule has 0 heterocycles. The highest BCUT2D eigenvalue weighted by Gasteiger charge is 2.42. The van der Waals surface area contributed by atoms with Crippen LogP contribution in [0.5, 0.6) is 0 Å². The topological polar surface area (TPSA) is 41.1 Å². The van der Waals surface area contributed by atoms with Crippen LogP contribution in [0.4, 0.5) is 10.1 Å². The number of nitrogens with one attached hydrogen (secondary N) is 2. The third-order valence-corrected chi connectivity index (χ3v) is 4.15. The van der Waals surface area contributed by atoms with Gasteiger partial charge in [0, 0.05) is 6.04 Å². The SMILES string of the molecule is Cc1ccc(NCC(=O)NC(C2CC2)C2CC2)c(F)c1. The molecule has 1 amide bonds. The average molecular weight is 276 g/mol. The second-order valence-corrected chi connectivity index (χ2v) is 6.11. The number of rotatable bonds is 6. The van der Waals surface area contributed by atoms with Crippen molar-refractivity contribution in [2.45, 2.75) is 38.6 Å². The summed E-state index contributed by atoms with van der Waals surface area (Å²) in [6.07, 6.45) is 4.95. The Labute approximate surface area is 118 Å². The second-order valence-electron chi connectivity index (χ2n) is 6.11. The van der Waals surface area contributed by atoms with Gasteiger partial charge in [0.05, 0.1) is 12.2 Å². The molecule has 4 heteroatoms. The molecule has 0 unspecified atom stereocenters. The Hall–Kier alpha value is -1.58. The van der Waals surface area contributed by atoms with E-state index < -0.39 is 0 Å². The number of anilines is 1. The lowest BCUT2D eigenvalue weighted by Gasteiger charge is -2.18. The summed E-state index contributed by atoms with van der Waals surface area (Å²) in [6, 6.07) is 5.34. The molecule has 0 radical (unpaired) electrons. The zero-order valence-corrected chi connectivity index (χ0v) is 11.8. The van der Waals surface area contributed by atoms with Crippen LogP contribution in [-0.2, 0) is 4.79 Å². The quantitative estimate of drug-likeness (QED) is 0.839. The molecule has 0 aromatic heterocycles. The van der Waals surface area contributed by atoms with E-state index in [4.69, 9.17) is 0 Å². The Kier molecular flexibility index (Phi) is 3.64. The first kappa shape index (κ1) is 13.4. The van der Waals surface area contributed by atoms with Gasteiger partial charge in [0.1, 0.15) is 5.82 Å². The van der Waals surface area contributed by atoms with E-state index in [9.17, 15) is 9.18 Å². The number of benzene rings is 1. The van der Waals surface area contributed by atoms with E-state index in [0.717, 1.165) is 5.56 Å². The van der Waals surface area contributed by atoms with Crippen LogP contribution in [0, 0.1) is 24.6 Å². The predicted octanol–water partition coefficient (Wildman–Crippen LogP) is 2.85. The van der Waals surface area contributed by atoms with Crippen molar-refractivity contribution in [1.29, 1.82) is 0 Å². The molecule has 0 saturated heterocycles. The fourth-order valence-electron chi connectivity index (χ4n) is 2.71. The van der Waals surface area contributed by atoms with Crippen molar-refractivity contribution in [2.24, 2.45) is 11.8 Å².